The van der Waals surface area contributed by atoms with Crippen molar-refractivity contribution in [2.24, 2.45) is 0 Å². The lowest BCUT2D eigenvalue weighted by Gasteiger charge is -2.25. The van der Waals surface area contributed by atoms with Crippen molar-refractivity contribution in [3.05, 3.63) is 57.9 Å². The van der Waals surface area contributed by atoms with Crippen LogP contribution in [0, 0.1) is 6.92 Å². The largest absolute Gasteiger partial charge is 0.493 e. The summed E-state index contributed by atoms with van der Waals surface area (Å²) in [4.78, 5) is 36.8. The molecule has 11 heteroatoms. The zero-order valence-electron chi connectivity index (χ0n) is 19.6. The third-order valence-electron chi connectivity index (χ3n) is 5.38. The predicted molar refractivity (Wildman–Crippen MR) is 129 cm³/mol. The molecular weight excluding hydrogens is 476 g/mol. The molecule has 0 saturated carbocycles. The number of carbonyl (C=O) groups excluding carboxylic acids is 2. The number of ether oxygens (including phenoxy) is 4. The summed E-state index contributed by atoms with van der Waals surface area (Å²) >= 11 is 1.35. The highest BCUT2D eigenvalue weighted by Crippen LogP contribution is 2.45. The van der Waals surface area contributed by atoms with E-state index in [4.69, 9.17) is 23.4 Å². The van der Waals surface area contributed by atoms with E-state index in [1.807, 2.05) is 6.92 Å². The summed E-state index contributed by atoms with van der Waals surface area (Å²) in [6.45, 7) is 1.46. The van der Waals surface area contributed by atoms with E-state index < -0.39 is 16.9 Å². The minimum atomic E-state index is -0.524. The molecule has 0 radical (unpaired) electrons. The molecule has 0 aliphatic carbocycles. The van der Waals surface area contributed by atoms with Gasteiger partial charge in [-0.2, -0.15) is 0 Å². The summed E-state index contributed by atoms with van der Waals surface area (Å²) in [6.07, 6.45) is 0. The average molecular weight is 501 g/mol. The molecule has 1 unspecified atom stereocenters. The average Bonchev–Trinajstić information content (AvgIpc) is 3.21. The number of fused-ring (bicyclic) bond motifs is 1. The van der Waals surface area contributed by atoms with E-state index >= 15 is 0 Å². The van der Waals surface area contributed by atoms with Crippen LogP contribution < -0.4 is 30.0 Å². The highest BCUT2D eigenvalue weighted by Gasteiger charge is 2.35. The third kappa shape index (κ3) is 4.99. The first-order chi connectivity index (χ1) is 16.8. The van der Waals surface area contributed by atoms with Crippen molar-refractivity contribution in [3.8, 4) is 23.0 Å². The Labute approximate surface area is 205 Å². The number of hydrogen-bond donors (Lipinski definition) is 1. The number of nitrogens with zero attached hydrogens (tertiary/aromatic N) is 1. The van der Waals surface area contributed by atoms with E-state index in [1.54, 1.807) is 30.3 Å². The molecule has 2 heterocycles. The van der Waals surface area contributed by atoms with E-state index in [9.17, 15) is 14.4 Å². The summed E-state index contributed by atoms with van der Waals surface area (Å²) in [5.41, 5.74) is 3.99. The van der Waals surface area contributed by atoms with Crippen LogP contribution in [0.15, 0.2) is 45.6 Å². The van der Waals surface area contributed by atoms with Gasteiger partial charge in [-0.1, -0.05) is 0 Å². The predicted octanol–water partition coefficient (Wildman–Crippen LogP) is 2.81. The summed E-state index contributed by atoms with van der Waals surface area (Å²) in [6, 6.07) is 9.86. The van der Waals surface area contributed by atoms with Crippen LogP contribution in [0.5, 0.6) is 23.0 Å². The number of hydrazine groups is 1. The summed E-state index contributed by atoms with van der Waals surface area (Å²) in [5.74, 6) is 1.06. The molecule has 184 valence electrons. The Bertz CT molecular complexity index is 1310. The van der Waals surface area contributed by atoms with E-state index in [2.05, 4.69) is 5.43 Å². The van der Waals surface area contributed by atoms with Gasteiger partial charge in [-0.3, -0.25) is 15.0 Å². The fraction of sp³-hybridized carbons (Fsp3) is 0.292. The molecule has 1 N–H and O–H groups in total. The zero-order chi connectivity index (χ0) is 25.1. The SMILES string of the molecule is COc1cc(C2SCC(=O)N2NC(=O)COc2ccc3c(C)cc(=O)oc3c2)cc(OC)c1OC. The number of rotatable bonds is 8. The molecule has 2 amide bonds. The summed E-state index contributed by atoms with van der Waals surface area (Å²) < 4.78 is 26.9. The number of thioether (sulfide) groups is 1. The second-order valence-electron chi connectivity index (χ2n) is 7.62. The fourth-order valence-corrected chi connectivity index (χ4v) is 4.83. The molecule has 1 aromatic heterocycles. The van der Waals surface area contributed by atoms with Gasteiger partial charge < -0.3 is 23.4 Å². The number of methoxy groups -OCH3 is 3. The standard InChI is InChI=1S/C24H24N2O8S/c1-13-7-22(29)34-17-10-15(5-6-16(13)17)33-11-20(27)25-26-21(28)12-35-24(26)14-8-18(30-2)23(32-4)19(9-14)31-3/h5-10,24H,11-12H2,1-4H3,(H,25,27). The van der Waals surface area contributed by atoms with Crippen molar-refractivity contribution in [1.29, 1.82) is 0 Å². The van der Waals surface area contributed by atoms with Crippen LogP contribution in [-0.4, -0.2) is 50.5 Å². The van der Waals surface area contributed by atoms with E-state index in [0.717, 1.165) is 10.9 Å². The molecule has 4 rings (SSSR count). The van der Waals surface area contributed by atoms with E-state index in [1.165, 1.54) is 44.2 Å². The summed E-state index contributed by atoms with van der Waals surface area (Å²) in [7, 11) is 4.51. The molecule has 10 nitrogen and oxygen atoms in total. The van der Waals surface area contributed by atoms with Gasteiger partial charge in [-0.05, 0) is 42.3 Å². The maximum absolute atomic E-state index is 12.6. The van der Waals surface area contributed by atoms with Crippen LogP contribution >= 0.6 is 11.8 Å². The molecule has 1 saturated heterocycles. The van der Waals surface area contributed by atoms with Crippen molar-refractivity contribution < 1.29 is 33.0 Å². The first kappa shape index (κ1) is 24.3. The number of amides is 2. The minimum absolute atomic E-state index is 0.186. The van der Waals surface area contributed by atoms with E-state index in [0.29, 0.717) is 34.1 Å². The van der Waals surface area contributed by atoms with Gasteiger partial charge in [-0.25, -0.2) is 9.80 Å². The molecule has 1 aliphatic heterocycles. The molecule has 1 aliphatic rings. The Kier molecular flexibility index (Phi) is 7.06. The lowest BCUT2D eigenvalue weighted by molar-refractivity contribution is -0.140. The number of carbonyl (C=O) groups is 2. The lowest BCUT2D eigenvalue weighted by Crippen LogP contribution is -2.46. The monoisotopic (exact) mass is 500 g/mol. The molecule has 35 heavy (non-hydrogen) atoms. The Balaban J connectivity index is 1.48. The quantitative estimate of drug-likeness (QED) is 0.466. The van der Waals surface area contributed by atoms with Gasteiger partial charge in [0, 0.05) is 17.5 Å². The summed E-state index contributed by atoms with van der Waals surface area (Å²) in [5, 5.41) is 1.53. The first-order valence-corrected chi connectivity index (χ1v) is 11.6. The smallest absolute Gasteiger partial charge is 0.336 e. The fourth-order valence-electron chi connectivity index (χ4n) is 3.75. The highest BCUT2D eigenvalue weighted by molar-refractivity contribution is 8.00. The Hall–Kier alpha value is -3.86. The van der Waals surface area contributed by atoms with Crippen molar-refractivity contribution >= 4 is 34.5 Å². The Morgan fingerprint density at radius 1 is 1.09 bits per heavy atom. The van der Waals surface area contributed by atoms with Gasteiger partial charge in [0.05, 0.1) is 27.1 Å². The van der Waals surface area contributed by atoms with Gasteiger partial charge in [0.25, 0.3) is 11.8 Å². The van der Waals surface area contributed by atoms with Crippen LogP contribution in [-0.2, 0) is 9.59 Å². The molecule has 2 aromatic carbocycles. The highest BCUT2D eigenvalue weighted by atomic mass is 32.2. The Morgan fingerprint density at radius 2 is 1.80 bits per heavy atom. The van der Waals surface area contributed by atoms with Crippen molar-refractivity contribution in [1.82, 2.24) is 10.4 Å². The maximum Gasteiger partial charge on any atom is 0.336 e. The van der Waals surface area contributed by atoms with Crippen LogP contribution in [0.3, 0.4) is 0 Å². The van der Waals surface area contributed by atoms with Crippen LogP contribution in [0.4, 0.5) is 0 Å². The van der Waals surface area contributed by atoms with Crippen molar-refractivity contribution in [3.63, 3.8) is 0 Å². The van der Waals surface area contributed by atoms with Gasteiger partial charge in [0.1, 0.15) is 16.7 Å². The normalized spacial score (nSPS) is 15.3. The zero-order valence-corrected chi connectivity index (χ0v) is 20.4. The Morgan fingerprint density at radius 3 is 2.46 bits per heavy atom. The van der Waals surface area contributed by atoms with Gasteiger partial charge in [0.2, 0.25) is 5.75 Å². The minimum Gasteiger partial charge on any atom is -0.493 e. The third-order valence-corrected chi connectivity index (χ3v) is 6.59. The van der Waals surface area contributed by atoms with Gasteiger partial charge in [0.15, 0.2) is 18.1 Å². The van der Waals surface area contributed by atoms with Crippen LogP contribution in [0.25, 0.3) is 11.0 Å². The topological polar surface area (TPSA) is 117 Å². The second kappa shape index (κ2) is 10.2. The molecule has 1 fully saturated rings. The number of nitrogens with one attached hydrogen (secondary N) is 1. The van der Waals surface area contributed by atoms with Gasteiger partial charge >= 0.3 is 5.63 Å². The van der Waals surface area contributed by atoms with Crippen LogP contribution in [0.1, 0.15) is 16.5 Å². The molecule has 0 bridgehead atoms. The van der Waals surface area contributed by atoms with E-state index in [-0.39, 0.29) is 18.3 Å². The number of aryl methyl sites for hydroxylation is 1. The van der Waals surface area contributed by atoms with Crippen molar-refractivity contribution in [2.45, 2.75) is 12.3 Å². The van der Waals surface area contributed by atoms with Crippen LogP contribution in [0.2, 0.25) is 0 Å². The molecular formula is C24H24N2O8S. The first-order valence-electron chi connectivity index (χ1n) is 10.5. The maximum atomic E-state index is 12.6. The van der Waals surface area contributed by atoms with Gasteiger partial charge in [-0.15, -0.1) is 11.8 Å². The molecule has 1 atom stereocenters. The number of benzene rings is 2. The second-order valence-corrected chi connectivity index (χ2v) is 8.68. The lowest BCUT2D eigenvalue weighted by atomic mass is 10.1. The molecule has 0 spiro atoms. The van der Waals surface area contributed by atoms with Crippen molar-refractivity contribution in [2.75, 3.05) is 33.7 Å². The molecule has 3 aromatic rings. The number of hydrogen-bond acceptors (Lipinski definition) is 9.